The van der Waals surface area contributed by atoms with Crippen molar-refractivity contribution in [3.8, 4) is 23.4 Å². The van der Waals surface area contributed by atoms with E-state index in [4.69, 9.17) is 18.9 Å². The third-order valence-corrected chi connectivity index (χ3v) is 6.89. The van der Waals surface area contributed by atoms with Crippen molar-refractivity contribution < 1.29 is 32.9 Å². The molecule has 2 aromatic carbocycles. The highest BCUT2D eigenvalue weighted by Crippen LogP contribution is 2.35. The van der Waals surface area contributed by atoms with Gasteiger partial charge in [0.25, 0.3) is 0 Å². The van der Waals surface area contributed by atoms with Crippen molar-refractivity contribution in [3.05, 3.63) is 93.8 Å². The zero-order valence-electron chi connectivity index (χ0n) is 27.9. The van der Waals surface area contributed by atoms with Crippen LogP contribution < -0.4 is 25.8 Å². The highest BCUT2D eigenvalue weighted by atomic mass is 19.1. The number of halogens is 1. The fourth-order valence-electron chi connectivity index (χ4n) is 4.80. The Morgan fingerprint density at radius 1 is 1.18 bits per heavy atom. The summed E-state index contributed by atoms with van der Waals surface area (Å²) in [5.41, 5.74) is -0.484. The second kappa shape index (κ2) is 15.2. The molecule has 0 bridgehead atoms. The summed E-state index contributed by atoms with van der Waals surface area (Å²) in [5.74, 6) is -1.33. The molecule has 0 fully saturated rings. The van der Waals surface area contributed by atoms with Crippen LogP contribution in [0.2, 0.25) is 0 Å². The standard InChI is InChI=1S/C33H37FN8O7/c1-8-12-41-18-37-29(27(41)30(43)48-9-2)42-31(44)39-28(40-42)26(22-14-24(46-6)25(47-7)15-23(22)34)38-21-11-10-19(16-35)20(13-21)17-36-32(45)49-33(3,4)5/h8,10-11,13-15,18,26,38H,1,9,12,17H2,2-7H3,(H,36,45)(H,39,40,44). The lowest BCUT2D eigenvalue weighted by molar-refractivity contribution is 0.0507. The van der Waals surface area contributed by atoms with Crippen LogP contribution in [0.25, 0.3) is 5.82 Å². The molecule has 49 heavy (non-hydrogen) atoms. The van der Waals surface area contributed by atoms with Gasteiger partial charge < -0.3 is 34.1 Å². The number of nitrogens with one attached hydrogen (secondary N) is 3. The van der Waals surface area contributed by atoms with Crippen LogP contribution >= 0.6 is 0 Å². The number of benzene rings is 2. The summed E-state index contributed by atoms with van der Waals surface area (Å²) in [6, 6.07) is 8.11. The van der Waals surface area contributed by atoms with Crippen molar-refractivity contribution in [1.29, 1.82) is 5.26 Å². The van der Waals surface area contributed by atoms with Gasteiger partial charge in [0.15, 0.2) is 28.8 Å². The van der Waals surface area contributed by atoms with Gasteiger partial charge in [-0.05, 0) is 57.5 Å². The van der Waals surface area contributed by atoms with Crippen LogP contribution in [0.15, 0.2) is 54.1 Å². The fourth-order valence-corrected chi connectivity index (χ4v) is 4.80. The zero-order valence-corrected chi connectivity index (χ0v) is 27.9. The predicted octanol–water partition coefficient (Wildman–Crippen LogP) is 4.37. The molecule has 4 aromatic rings. The van der Waals surface area contributed by atoms with Crippen molar-refractivity contribution in [3.63, 3.8) is 0 Å². The number of carbonyl (C=O) groups is 2. The van der Waals surface area contributed by atoms with Crippen molar-refractivity contribution in [1.82, 2.24) is 29.6 Å². The Morgan fingerprint density at radius 3 is 2.53 bits per heavy atom. The van der Waals surface area contributed by atoms with Crippen LogP contribution in [-0.4, -0.2) is 62.8 Å². The lowest BCUT2D eigenvalue weighted by Gasteiger charge is -2.21. The summed E-state index contributed by atoms with van der Waals surface area (Å²) < 4.78 is 39.3. The third kappa shape index (κ3) is 8.25. The molecule has 0 saturated heterocycles. The summed E-state index contributed by atoms with van der Waals surface area (Å²) in [7, 11) is 2.75. The van der Waals surface area contributed by atoms with Gasteiger partial charge in [-0.15, -0.1) is 11.7 Å². The van der Waals surface area contributed by atoms with E-state index >= 15 is 4.39 Å². The molecule has 0 spiro atoms. The fraction of sp³-hybridized carbons (Fsp3) is 0.333. The van der Waals surface area contributed by atoms with Crippen molar-refractivity contribution in [2.24, 2.45) is 0 Å². The van der Waals surface area contributed by atoms with Crippen molar-refractivity contribution in [2.75, 3.05) is 26.1 Å². The maximum Gasteiger partial charge on any atom is 0.407 e. The van der Waals surface area contributed by atoms with E-state index in [1.807, 2.05) is 0 Å². The number of hydrogen-bond donors (Lipinski definition) is 3. The summed E-state index contributed by atoms with van der Waals surface area (Å²) in [6.07, 6.45) is 2.21. The summed E-state index contributed by atoms with van der Waals surface area (Å²) >= 11 is 0. The zero-order chi connectivity index (χ0) is 35.9. The molecule has 0 aliphatic rings. The monoisotopic (exact) mass is 676 g/mol. The molecule has 16 heteroatoms. The maximum atomic E-state index is 15.8. The number of hydrogen-bond acceptors (Lipinski definition) is 11. The lowest BCUT2D eigenvalue weighted by Crippen LogP contribution is -2.32. The second-order valence-electron chi connectivity index (χ2n) is 11.5. The number of esters is 1. The van der Waals surface area contributed by atoms with Gasteiger partial charge in [0.2, 0.25) is 0 Å². The highest BCUT2D eigenvalue weighted by Gasteiger charge is 2.29. The highest BCUT2D eigenvalue weighted by molar-refractivity contribution is 5.91. The van der Waals surface area contributed by atoms with E-state index in [1.54, 1.807) is 45.9 Å². The SMILES string of the molecule is C=CCn1cnc(-n2nc(C(Nc3ccc(C#N)c(CNC(=O)OC(C)(C)C)c3)c3cc(OC)c(OC)cc3F)[nH]c2=O)c1C(=O)OCC. The molecular weight excluding hydrogens is 639 g/mol. The average molecular weight is 677 g/mol. The van der Waals surface area contributed by atoms with E-state index < -0.39 is 35.2 Å². The molecule has 0 saturated carbocycles. The van der Waals surface area contributed by atoms with Gasteiger partial charge in [-0.25, -0.2) is 23.8 Å². The van der Waals surface area contributed by atoms with E-state index in [1.165, 1.54) is 37.2 Å². The van der Waals surface area contributed by atoms with Gasteiger partial charge in [-0.2, -0.15) is 9.94 Å². The van der Waals surface area contributed by atoms with Crippen LogP contribution in [0.4, 0.5) is 14.9 Å². The Bertz CT molecular complexity index is 1950. The number of aromatic amines is 1. The molecule has 0 aliphatic carbocycles. The molecule has 0 aliphatic heterocycles. The van der Waals surface area contributed by atoms with Gasteiger partial charge in [-0.3, -0.25) is 4.98 Å². The van der Waals surface area contributed by atoms with E-state index in [-0.39, 0.29) is 59.7 Å². The minimum atomic E-state index is -1.19. The lowest BCUT2D eigenvalue weighted by atomic mass is 10.0. The van der Waals surface area contributed by atoms with Gasteiger partial charge in [-0.1, -0.05) is 6.08 Å². The van der Waals surface area contributed by atoms with Gasteiger partial charge in [0.05, 0.1) is 38.8 Å². The molecule has 3 N–H and O–H groups in total. The van der Waals surface area contributed by atoms with Gasteiger partial charge in [0.1, 0.15) is 17.5 Å². The van der Waals surface area contributed by atoms with Gasteiger partial charge >= 0.3 is 17.8 Å². The number of allylic oxidation sites excluding steroid dienone is 1. The quantitative estimate of drug-likeness (QED) is 0.135. The number of nitriles is 1. The Kier molecular flexibility index (Phi) is 11.1. The number of imidazole rings is 1. The summed E-state index contributed by atoms with van der Waals surface area (Å²) in [4.78, 5) is 45.5. The number of nitrogens with zero attached hydrogens (tertiary/aromatic N) is 5. The molecule has 2 heterocycles. The van der Waals surface area contributed by atoms with Crippen LogP contribution in [-0.2, 0) is 22.6 Å². The van der Waals surface area contributed by atoms with Crippen molar-refractivity contribution >= 4 is 17.7 Å². The number of amides is 1. The molecule has 1 amide bonds. The number of rotatable bonds is 13. The molecule has 4 rings (SSSR count). The van der Waals surface area contributed by atoms with Crippen LogP contribution in [0, 0.1) is 17.1 Å². The second-order valence-corrected chi connectivity index (χ2v) is 11.5. The smallest absolute Gasteiger partial charge is 0.407 e. The molecule has 258 valence electrons. The van der Waals surface area contributed by atoms with Crippen LogP contribution in [0.5, 0.6) is 11.5 Å². The summed E-state index contributed by atoms with van der Waals surface area (Å²) in [6.45, 7) is 10.7. The van der Waals surface area contributed by atoms with Crippen molar-refractivity contribution in [2.45, 2.75) is 52.4 Å². The Balaban J connectivity index is 1.83. The minimum absolute atomic E-state index is 0.000794. The molecule has 2 aromatic heterocycles. The predicted molar refractivity (Wildman–Crippen MR) is 175 cm³/mol. The van der Waals surface area contributed by atoms with E-state index in [0.29, 0.717) is 11.3 Å². The number of anilines is 1. The van der Waals surface area contributed by atoms with E-state index in [0.717, 1.165) is 10.7 Å². The Labute approximate surface area is 281 Å². The summed E-state index contributed by atoms with van der Waals surface area (Å²) in [5, 5.41) is 20.0. The molecule has 1 atom stereocenters. The number of methoxy groups -OCH3 is 2. The minimum Gasteiger partial charge on any atom is -0.493 e. The molecule has 0 radical (unpaired) electrons. The topological polar surface area (TPSA) is 187 Å². The number of ether oxygens (including phenoxy) is 4. The van der Waals surface area contributed by atoms with Crippen LogP contribution in [0.1, 0.15) is 66.7 Å². The van der Waals surface area contributed by atoms with E-state index in [2.05, 4.69) is 38.3 Å². The molecule has 15 nitrogen and oxygen atoms in total. The first-order chi connectivity index (χ1) is 23.3. The Morgan fingerprint density at radius 2 is 1.90 bits per heavy atom. The first-order valence-electron chi connectivity index (χ1n) is 15.0. The number of H-pyrrole nitrogens is 1. The normalized spacial score (nSPS) is 11.6. The Hall–Kier alpha value is -6.11. The van der Waals surface area contributed by atoms with E-state index in [9.17, 15) is 19.6 Å². The van der Waals surface area contributed by atoms with Crippen LogP contribution in [0.3, 0.4) is 0 Å². The number of aromatic nitrogens is 5. The third-order valence-electron chi connectivity index (χ3n) is 6.89. The molecular formula is C33H37FN8O7. The number of alkyl carbamates (subject to hydrolysis) is 1. The van der Waals surface area contributed by atoms with Gasteiger partial charge in [0, 0.05) is 30.4 Å². The molecule has 1 unspecified atom stereocenters. The number of carbonyl (C=O) groups excluding carboxylic acids is 2. The maximum absolute atomic E-state index is 15.8. The average Bonchev–Trinajstić information content (AvgIpc) is 3.65. The first kappa shape index (κ1) is 35.7. The largest absolute Gasteiger partial charge is 0.493 e. The first-order valence-corrected chi connectivity index (χ1v) is 15.0.